The third-order valence-corrected chi connectivity index (χ3v) is 4.47. The molecule has 1 fully saturated rings. The molecule has 0 unspecified atom stereocenters. The summed E-state index contributed by atoms with van der Waals surface area (Å²) < 4.78 is 24.6. The van der Waals surface area contributed by atoms with Crippen LogP contribution in [0.1, 0.15) is 12.8 Å². The van der Waals surface area contributed by atoms with Gasteiger partial charge in [0.05, 0.1) is 12.8 Å². The Hall–Kier alpha value is -1.40. The molecule has 0 radical (unpaired) electrons. The van der Waals surface area contributed by atoms with E-state index in [1.165, 1.54) is 9.21 Å². The fourth-order valence-electron chi connectivity index (χ4n) is 1.91. The SMILES string of the molecule is CN(C(=O)CN(C1CC1)S(C)(=O)=O)c1ccccc1. The minimum atomic E-state index is -3.33. The number of para-hydroxylation sites is 1. The van der Waals surface area contributed by atoms with Gasteiger partial charge in [0.15, 0.2) is 0 Å². The second kappa shape index (κ2) is 5.30. The molecule has 2 rings (SSSR count). The summed E-state index contributed by atoms with van der Waals surface area (Å²) in [5.74, 6) is -0.219. The van der Waals surface area contributed by atoms with Gasteiger partial charge in [0.2, 0.25) is 15.9 Å². The largest absolute Gasteiger partial charge is 0.314 e. The molecule has 0 spiro atoms. The van der Waals surface area contributed by atoms with E-state index in [0.717, 1.165) is 24.8 Å². The number of anilines is 1. The monoisotopic (exact) mass is 282 g/mol. The number of nitrogens with zero attached hydrogens (tertiary/aromatic N) is 2. The lowest BCUT2D eigenvalue weighted by Crippen LogP contribution is -2.42. The Balaban J connectivity index is 2.08. The summed E-state index contributed by atoms with van der Waals surface area (Å²) >= 11 is 0. The highest BCUT2D eigenvalue weighted by atomic mass is 32.2. The van der Waals surface area contributed by atoms with Crippen molar-refractivity contribution in [2.45, 2.75) is 18.9 Å². The molecular formula is C13H18N2O3S. The zero-order valence-electron chi connectivity index (χ0n) is 11.1. The molecule has 19 heavy (non-hydrogen) atoms. The minimum absolute atomic E-state index is 0.00289. The number of rotatable bonds is 5. The second-order valence-corrected chi connectivity index (χ2v) is 6.76. The predicted octanol–water partition coefficient (Wildman–Crippen LogP) is 1.07. The van der Waals surface area contributed by atoms with Gasteiger partial charge in [0, 0.05) is 18.8 Å². The van der Waals surface area contributed by atoms with Crippen LogP contribution in [0, 0.1) is 0 Å². The third kappa shape index (κ3) is 3.54. The first kappa shape index (κ1) is 14.0. The van der Waals surface area contributed by atoms with Gasteiger partial charge in [-0.2, -0.15) is 4.31 Å². The summed E-state index contributed by atoms with van der Waals surface area (Å²) in [6, 6.07) is 9.19. The molecule has 1 aromatic carbocycles. The standard InChI is InChI=1S/C13H18N2O3S/c1-14(11-6-4-3-5-7-11)13(16)10-15(12-8-9-12)19(2,17)18/h3-7,12H,8-10H2,1-2H3. The molecule has 0 aromatic heterocycles. The van der Waals surface area contributed by atoms with Crippen LogP contribution >= 0.6 is 0 Å². The molecule has 0 saturated heterocycles. The molecule has 0 N–H and O–H groups in total. The molecule has 0 atom stereocenters. The lowest BCUT2D eigenvalue weighted by Gasteiger charge is -2.23. The highest BCUT2D eigenvalue weighted by molar-refractivity contribution is 7.88. The van der Waals surface area contributed by atoms with Crippen molar-refractivity contribution < 1.29 is 13.2 Å². The Morgan fingerprint density at radius 2 is 1.84 bits per heavy atom. The van der Waals surface area contributed by atoms with Crippen LogP contribution in [-0.4, -0.2) is 44.5 Å². The van der Waals surface area contributed by atoms with Gasteiger partial charge in [-0.1, -0.05) is 18.2 Å². The van der Waals surface area contributed by atoms with Gasteiger partial charge in [-0.25, -0.2) is 8.42 Å². The van der Waals surface area contributed by atoms with Crippen LogP contribution in [0.3, 0.4) is 0 Å². The van der Waals surface area contributed by atoms with Crippen LogP contribution in [-0.2, 0) is 14.8 Å². The Kier molecular flexibility index (Phi) is 3.91. The molecule has 0 aliphatic heterocycles. The Morgan fingerprint density at radius 3 is 2.32 bits per heavy atom. The van der Waals surface area contributed by atoms with Crippen molar-refractivity contribution in [3.05, 3.63) is 30.3 Å². The zero-order valence-corrected chi connectivity index (χ0v) is 11.9. The summed E-state index contributed by atoms with van der Waals surface area (Å²) in [4.78, 5) is 13.6. The van der Waals surface area contributed by atoms with Gasteiger partial charge >= 0.3 is 0 Å². The number of amides is 1. The highest BCUT2D eigenvalue weighted by Crippen LogP contribution is 2.28. The van der Waals surface area contributed by atoms with Crippen LogP contribution in [0.25, 0.3) is 0 Å². The molecule has 5 nitrogen and oxygen atoms in total. The van der Waals surface area contributed by atoms with Gasteiger partial charge in [-0.3, -0.25) is 4.79 Å². The molecule has 1 aromatic rings. The topological polar surface area (TPSA) is 57.7 Å². The number of carbonyl (C=O) groups is 1. The van der Waals surface area contributed by atoms with Gasteiger partial charge in [-0.15, -0.1) is 0 Å². The number of hydrogen-bond donors (Lipinski definition) is 0. The molecule has 104 valence electrons. The summed E-state index contributed by atoms with van der Waals surface area (Å²) in [6.45, 7) is -0.0884. The number of likely N-dealkylation sites (N-methyl/N-ethyl adjacent to an activating group) is 1. The highest BCUT2D eigenvalue weighted by Gasteiger charge is 2.36. The van der Waals surface area contributed by atoms with Crippen molar-refractivity contribution in [2.24, 2.45) is 0 Å². The van der Waals surface area contributed by atoms with Crippen molar-refractivity contribution >= 4 is 21.6 Å². The van der Waals surface area contributed by atoms with E-state index >= 15 is 0 Å². The maximum atomic E-state index is 12.2. The van der Waals surface area contributed by atoms with Crippen LogP contribution in [0.4, 0.5) is 5.69 Å². The average Bonchev–Trinajstić information content (AvgIpc) is 3.18. The fraction of sp³-hybridized carbons (Fsp3) is 0.462. The minimum Gasteiger partial charge on any atom is -0.314 e. The van der Waals surface area contributed by atoms with Crippen LogP contribution < -0.4 is 4.90 Å². The van der Waals surface area contributed by atoms with Gasteiger partial charge in [0.1, 0.15) is 0 Å². The first-order valence-corrected chi connectivity index (χ1v) is 8.03. The van der Waals surface area contributed by atoms with E-state index in [2.05, 4.69) is 0 Å². The van der Waals surface area contributed by atoms with E-state index in [0.29, 0.717) is 0 Å². The molecule has 1 aliphatic carbocycles. The second-order valence-electron chi connectivity index (χ2n) is 4.83. The smallest absolute Gasteiger partial charge is 0.242 e. The normalized spacial score (nSPS) is 15.5. The third-order valence-electron chi connectivity index (χ3n) is 3.19. The van der Waals surface area contributed by atoms with Crippen molar-refractivity contribution in [3.63, 3.8) is 0 Å². The maximum absolute atomic E-state index is 12.2. The van der Waals surface area contributed by atoms with Crippen LogP contribution in [0.15, 0.2) is 30.3 Å². The Morgan fingerprint density at radius 1 is 1.26 bits per heavy atom. The number of benzene rings is 1. The van der Waals surface area contributed by atoms with Crippen molar-refractivity contribution in [2.75, 3.05) is 24.7 Å². The van der Waals surface area contributed by atoms with Gasteiger partial charge in [-0.05, 0) is 25.0 Å². The molecule has 1 saturated carbocycles. The Labute approximate surface area is 113 Å². The number of hydrogen-bond acceptors (Lipinski definition) is 3. The first-order valence-electron chi connectivity index (χ1n) is 6.18. The van der Waals surface area contributed by atoms with Crippen molar-refractivity contribution in [1.29, 1.82) is 0 Å². The summed E-state index contributed by atoms with van der Waals surface area (Å²) in [5, 5.41) is 0. The lowest BCUT2D eigenvalue weighted by atomic mass is 10.3. The van der Waals surface area contributed by atoms with E-state index in [1.807, 2.05) is 30.3 Å². The zero-order chi connectivity index (χ0) is 14.0. The summed E-state index contributed by atoms with van der Waals surface area (Å²) in [6.07, 6.45) is 2.84. The molecule has 0 bridgehead atoms. The summed E-state index contributed by atoms with van der Waals surface area (Å²) in [5.41, 5.74) is 0.761. The fourth-order valence-corrected chi connectivity index (χ4v) is 3.01. The maximum Gasteiger partial charge on any atom is 0.242 e. The molecule has 1 amide bonds. The Bertz CT molecular complexity index is 553. The molecule has 6 heteroatoms. The van der Waals surface area contributed by atoms with Gasteiger partial charge < -0.3 is 4.90 Å². The van der Waals surface area contributed by atoms with E-state index < -0.39 is 10.0 Å². The average molecular weight is 282 g/mol. The lowest BCUT2D eigenvalue weighted by molar-refractivity contribution is -0.118. The van der Waals surface area contributed by atoms with Crippen molar-refractivity contribution in [1.82, 2.24) is 4.31 Å². The van der Waals surface area contributed by atoms with E-state index in [1.54, 1.807) is 7.05 Å². The van der Waals surface area contributed by atoms with Crippen LogP contribution in [0.5, 0.6) is 0 Å². The number of sulfonamides is 1. The molecule has 1 aliphatic rings. The predicted molar refractivity (Wildman–Crippen MR) is 74.4 cm³/mol. The molecular weight excluding hydrogens is 264 g/mol. The van der Waals surface area contributed by atoms with E-state index in [9.17, 15) is 13.2 Å². The first-order chi connectivity index (χ1) is 8.89. The summed E-state index contributed by atoms with van der Waals surface area (Å²) in [7, 11) is -1.67. The van der Waals surface area contributed by atoms with E-state index in [4.69, 9.17) is 0 Å². The van der Waals surface area contributed by atoms with Crippen LogP contribution in [0.2, 0.25) is 0 Å². The van der Waals surface area contributed by atoms with Crippen molar-refractivity contribution in [3.8, 4) is 0 Å². The quantitative estimate of drug-likeness (QED) is 0.812. The van der Waals surface area contributed by atoms with E-state index in [-0.39, 0.29) is 18.5 Å². The molecule has 0 heterocycles. The van der Waals surface area contributed by atoms with Gasteiger partial charge in [0.25, 0.3) is 0 Å². The number of carbonyl (C=O) groups excluding carboxylic acids is 1.